The molecule has 0 aliphatic heterocycles. The maximum absolute atomic E-state index is 11.7. The molecule has 24 heavy (non-hydrogen) atoms. The number of aromatic hydroxyl groups is 1. The average Bonchev–Trinajstić information content (AvgIpc) is 2.51. The van der Waals surface area contributed by atoms with Gasteiger partial charge in [-0.15, -0.1) is 0 Å². The first kappa shape index (κ1) is 19.4. The van der Waals surface area contributed by atoms with Gasteiger partial charge < -0.3 is 19.8 Å². The van der Waals surface area contributed by atoms with Crippen LogP contribution in [0, 0.1) is 0 Å². The molecule has 0 aromatic heterocycles. The highest BCUT2D eigenvalue weighted by molar-refractivity contribution is 5.83. The molecule has 1 aromatic carbocycles. The lowest BCUT2D eigenvalue weighted by atomic mass is 10.1. The van der Waals surface area contributed by atoms with Crippen molar-refractivity contribution in [3.05, 3.63) is 29.3 Å². The van der Waals surface area contributed by atoms with Gasteiger partial charge in [-0.1, -0.05) is 11.2 Å². The fourth-order valence-electron chi connectivity index (χ4n) is 2.07. The van der Waals surface area contributed by atoms with E-state index < -0.39 is 11.9 Å². The number of phenolic OH excluding ortho intramolecular Hbond substituents is 1. The predicted molar refractivity (Wildman–Crippen MR) is 86.0 cm³/mol. The van der Waals surface area contributed by atoms with Crippen molar-refractivity contribution in [2.45, 2.75) is 20.4 Å². The SMILES string of the molecule is CCOC(=O)CN(CC(=O)OCC)Cc1ccc(O)c(/C=N/O)c1. The van der Waals surface area contributed by atoms with Crippen molar-refractivity contribution in [1.29, 1.82) is 0 Å². The van der Waals surface area contributed by atoms with Crippen molar-refractivity contribution in [2.75, 3.05) is 26.3 Å². The van der Waals surface area contributed by atoms with Gasteiger partial charge in [0.15, 0.2) is 0 Å². The minimum Gasteiger partial charge on any atom is -0.507 e. The summed E-state index contributed by atoms with van der Waals surface area (Å²) >= 11 is 0. The van der Waals surface area contributed by atoms with Gasteiger partial charge in [0, 0.05) is 12.1 Å². The van der Waals surface area contributed by atoms with E-state index >= 15 is 0 Å². The standard InChI is InChI=1S/C16H22N2O6/c1-3-23-15(20)10-18(11-16(21)24-4-2)9-12-5-6-14(19)13(7-12)8-17-22/h5-8,19,22H,3-4,9-11H2,1-2H3/b17-8+. The number of carbonyl (C=O) groups is 2. The third-order valence-corrected chi connectivity index (χ3v) is 3.01. The second kappa shape index (κ2) is 10.2. The van der Waals surface area contributed by atoms with E-state index in [4.69, 9.17) is 14.7 Å². The second-order valence-corrected chi connectivity index (χ2v) is 4.89. The smallest absolute Gasteiger partial charge is 0.320 e. The molecule has 0 spiro atoms. The van der Waals surface area contributed by atoms with E-state index in [1.54, 1.807) is 30.9 Å². The fourth-order valence-corrected chi connectivity index (χ4v) is 2.07. The van der Waals surface area contributed by atoms with Gasteiger partial charge in [0.25, 0.3) is 0 Å². The van der Waals surface area contributed by atoms with Crippen LogP contribution in [0.1, 0.15) is 25.0 Å². The maximum Gasteiger partial charge on any atom is 0.320 e. The minimum absolute atomic E-state index is 0.0427. The molecular weight excluding hydrogens is 316 g/mol. The van der Waals surface area contributed by atoms with Crippen LogP contribution in [0.3, 0.4) is 0 Å². The summed E-state index contributed by atoms with van der Waals surface area (Å²) in [6.07, 6.45) is 1.10. The van der Waals surface area contributed by atoms with Gasteiger partial charge in [0.05, 0.1) is 32.5 Å². The molecule has 0 saturated heterocycles. The molecule has 0 heterocycles. The van der Waals surface area contributed by atoms with Crippen molar-refractivity contribution in [3.63, 3.8) is 0 Å². The first-order valence-electron chi connectivity index (χ1n) is 7.53. The molecule has 0 atom stereocenters. The summed E-state index contributed by atoms with van der Waals surface area (Å²) in [5, 5.41) is 21.2. The van der Waals surface area contributed by atoms with E-state index in [0.717, 1.165) is 11.8 Å². The highest BCUT2D eigenvalue weighted by atomic mass is 16.5. The predicted octanol–water partition coefficient (Wildman–Crippen LogP) is 1.13. The fraction of sp³-hybridized carbons (Fsp3) is 0.438. The Morgan fingerprint density at radius 2 is 1.75 bits per heavy atom. The molecule has 1 aromatic rings. The lowest BCUT2D eigenvalue weighted by molar-refractivity contribution is -0.148. The van der Waals surface area contributed by atoms with Crippen LogP contribution in [0.2, 0.25) is 0 Å². The van der Waals surface area contributed by atoms with Crippen LogP contribution >= 0.6 is 0 Å². The largest absolute Gasteiger partial charge is 0.507 e. The zero-order valence-electron chi connectivity index (χ0n) is 13.8. The van der Waals surface area contributed by atoms with Gasteiger partial charge in [0.1, 0.15) is 5.75 Å². The average molecular weight is 338 g/mol. The Morgan fingerprint density at radius 3 is 2.25 bits per heavy atom. The van der Waals surface area contributed by atoms with Crippen LogP contribution < -0.4 is 0 Å². The van der Waals surface area contributed by atoms with E-state index in [9.17, 15) is 14.7 Å². The normalized spacial score (nSPS) is 11.0. The summed E-state index contributed by atoms with van der Waals surface area (Å²) in [7, 11) is 0. The molecule has 0 aliphatic carbocycles. The summed E-state index contributed by atoms with van der Waals surface area (Å²) < 4.78 is 9.81. The van der Waals surface area contributed by atoms with Crippen molar-refractivity contribution in [3.8, 4) is 5.75 Å². The van der Waals surface area contributed by atoms with E-state index in [1.807, 2.05) is 0 Å². The number of rotatable bonds is 9. The molecular formula is C16H22N2O6. The van der Waals surface area contributed by atoms with Crippen LogP contribution in [0.4, 0.5) is 0 Å². The van der Waals surface area contributed by atoms with E-state index in [2.05, 4.69) is 5.16 Å². The third kappa shape index (κ3) is 6.66. The Balaban J connectivity index is 2.88. The highest BCUT2D eigenvalue weighted by Crippen LogP contribution is 2.18. The van der Waals surface area contributed by atoms with Crippen LogP contribution in [-0.4, -0.2) is 59.7 Å². The van der Waals surface area contributed by atoms with Crippen molar-refractivity contribution in [2.24, 2.45) is 5.16 Å². The molecule has 0 bridgehead atoms. The van der Waals surface area contributed by atoms with Crippen molar-refractivity contribution in [1.82, 2.24) is 4.90 Å². The van der Waals surface area contributed by atoms with Crippen LogP contribution in [0.5, 0.6) is 5.75 Å². The van der Waals surface area contributed by atoms with Crippen molar-refractivity contribution < 1.29 is 29.4 Å². The summed E-state index contributed by atoms with van der Waals surface area (Å²) in [4.78, 5) is 25.0. The van der Waals surface area contributed by atoms with Crippen LogP contribution in [0.15, 0.2) is 23.4 Å². The first-order chi connectivity index (χ1) is 11.5. The Bertz CT molecular complexity index is 568. The Kier molecular flexibility index (Phi) is 8.28. The third-order valence-electron chi connectivity index (χ3n) is 3.01. The van der Waals surface area contributed by atoms with Gasteiger partial charge in [-0.3, -0.25) is 14.5 Å². The van der Waals surface area contributed by atoms with E-state index in [1.165, 1.54) is 6.07 Å². The van der Waals surface area contributed by atoms with Gasteiger partial charge in [-0.25, -0.2) is 0 Å². The number of carbonyl (C=O) groups excluding carboxylic acids is 2. The van der Waals surface area contributed by atoms with Gasteiger partial charge >= 0.3 is 11.9 Å². The van der Waals surface area contributed by atoms with E-state index in [-0.39, 0.29) is 38.6 Å². The summed E-state index contributed by atoms with van der Waals surface area (Å²) in [6.45, 7) is 4.02. The molecule has 0 fully saturated rings. The molecule has 1 rings (SSSR count). The Morgan fingerprint density at radius 1 is 1.17 bits per heavy atom. The molecule has 0 radical (unpaired) electrons. The quantitative estimate of drug-likeness (QED) is 0.301. The summed E-state index contributed by atoms with van der Waals surface area (Å²) in [5.74, 6) is -0.936. The molecule has 0 amide bonds. The Hall–Kier alpha value is -2.61. The molecule has 0 unspecified atom stereocenters. The second-order valence-electron chi connectivity index (χ2n) is 4.89. The minimum atomic E-state index is -0.447. The van der Waals surface area contributed by atoms with Crippen molar-refractivity contribution >= 4 is 18.2 Å². The lowest BCUT2D eigenvalue weighted by Crippen LogP contribution is -2.35. The number of hydrogen-bond acceptors (Lipinski definition) is 8. The highest BCUT2D eigenvalue weighted by Gasteiger charge is 2.17. The van der Waals surface area contributed by atoms with Crippen LogP contribution in [-0.2, 0) is 25.6 Å². The number of ether oxygens (including phenoxy) is 2. The number of oxime groups is 1. The molecule has 2 N–H and O–H groups in total. The molecule has 0 aliphatic rings. The van der Waals surface area contributed by atoms with Gasteiger partial charge in [0.2, 0.25) is 0 Å². The molecule has 8 heteroatoms. The van der Waals surface area contributed by atoms with E-state index in [0.29, 0.717) is 5.56 Å². The zero-order chi connectivity index (χ0) is 17.9. The Labute approximate surface area is 140 Å². The summed E-state index contributed by atoms with van der Waals surface area (Å²) in [5.41, 5.74) is 1.04. The monoisotopic (exact) mass is 338 g/mol. The van der Waals surface area contributed by atoms with Gasteiger partial charge in [-0.05, 0) is 31.5 Å². The number of hydrogen-bond donors (Lipinski definition) is 2. The summed E-state index contributed by atoms with van der Waals surface area (Å²) in [6, 6.07) is 4.69. The maximum atomic E-state index is 11.7. The van der Waals surface area contributed by atoms with Crippen LogP contribution in [0.25, 0.3) is 0 Å². The number of phenols is 1. The number of nitrogens with zero attached hydrogens (tertiary/aromatic N) is 2. The molecule has 0 saturated carbocycles. The molecule has 8 nitrogen and oxygen atoms in total. The zero-order valence-corrected chi connectivity index (χ0v) is 13.8. The number of benzene rings is 1. The topological polar surface area (TPSA) is 109 Å². The molecule has 132 valence electrons. The van der Waals surface area contributed by atoms with Gasteiger partial charge in [-0.2, -0.15) is 0 Å². The first-order valence-corrected chi connectivity index (χ1v) is 7.53. The lowest BCUT2D eigenvalue weighted by Gasteiger charge is -2.20. The number of esters is 2.